The smallest absolute Gasteiger partial charge is 0.177 e. The van der Waals surface area contributed by atoms with Crippen LogP contribution in [-0.2, 0) is 9.84 Å². The summed E-state index contributed by atoms with van der Waals surface area (Å²) in [4.78, 5) is 11.6. The van der Waals surface area contributed by atoms with E-state index in [0.29, 0.717) is 5.56 Å². The Bertz CT molecular complexity index is 472. The molecule has 1 aromatic rings. The number of Topliss-reactive ketones (excluding diaryl/α,β-unsaturated/α-hetero) is 1. The molecule has 0 bridgehead atoms. The molecule has 0 aliphatic heterocycles. The molecule has 0 saturated carbocycles. The molecular formula is C12H14O3S. The first-order valence-electron chi connectivity index (χ1n) is 4.95. The van der Waals surface area contributed by atoms with Crippen molar-refractivity contribution in [2.75, 3.05) is 11.5 Å². The Kier molecular flexibility index (Phi) is 4.43. The second-order valence-corrected chi connectivity index (χ2v) is 5.52. The fourth-order valence-corrected chi connectivity index (χ4v) is 2.38. The molecule has 0 heterocycles. The fraction of sp³-hybridized carbons (Fsp3) is 0.250. The topological polar surface area (TPSA) is 51.2 Å². The Morgan fingerprint density at radius 1 is 1.25 bits per heavy atom. The van der Waals surface area contributed by atoms with Crippen molar-refractivity contribution >= 4 is 15.6 Å². The molecule has 0 aromatic heterocycles. The van der Waals surface area contributed by atoms with Gasteiger partial charge in [-0.15, -0.1) is 0 Å². The number of carbonyl (C=O) groups is 1. The SMILES string of the molecule is C/C=C/CS(=O)(=O)CC(=O)c1ccccc1. The molecule has 0 N–H and O–H groups in total. The van der Waals surface area contributed by atoms with E-state index >= 15 is 0 Å². The van der Waals surface area contributed by atoms with Gasteiger partial charge in [-0.1, -0.05) is 42.5 Å². The van der Waals surface area contributed by atoms with Gasteiger partial charge in [0.05, 0.1) is 5.75 Å². The van der Waals surface area contributed by atoms with E-state index in [4.69, 9.17) is 0 Å². The van der Waals surface area contributed by atoms with Crippen molar-refractivity contribution in [1.29, 1.82) is 0 Å². The van der Waals surface area contributed by atoms with Crippen molar-refractivity contribution in [1.82, 2.24) is 0 Å². The average molecular weight is 238 g/mol. The lowest BCUT2D eigenvalue weighted by Crippen LogP contribution is -2.18. The lowest BCUT2D eigenvalue weighted by Gasteiger charge is -2.01. The molecule has 0 aliphatic rings. The Balaban J connectivity index is 2.72. The van der Waals surface area contributed by atoms with Crippen LogP contribution in [0.15, 0.2) is 42.5 Å². The molecule has 0 spiro atoms. The van der Waals surface area contributed by atoms with E-state index < -0.39 is 15.6 Å². The first-order chi connectivity index (χ1) is 7.55. The number of carbonyl (C=O) groups excluding carboxylic acids is 1. The zero-order valence-electron chi connectivity index (χ0n) is 9.09. The summed E-state index contributed by atoms with van der Waals surface area (Å²) in [6.07, 6.45) is 3.19. The molecular weight excluding hydrogens is 224 g/mol. The largest absolute Gasteiger partial charge is 0.293 e. The predicted octanol–water partition coefficient (Wildman–Crippen LogP) is 1.86. The normalized spacial score (nSPS) is 11.8. The van der Waals surface area contributed by atoms with E-state index in [2.05, 4.69) is 0 Å². The standard InChI is InChI=1S/C12H14O3S/c1-2-3-9-16(14,15)10-12(13)11-7-5-4-6-8-11/h2-8H,9-10H2,1H3/b3-2+. The maximum atomic E-state index is 11.6. The van der Waals surface area contributed by atoms with Crippen LogP contribution in [0.25, 0.3) is 0 Å². The fourth-order valence-electron chi connectivity index (χ4n) is 1.21. The van der Waals surface area contributed by atoms with Gasteiger partial charge < -0.3 is 0 Å². The molecule has 3 nitrogen and oxygen atoms in total. The van der Waals surface area contributed by atoms with E-state index in [1.807, 2.05) is 0 Å². The molecule has 0 unspecified atom stereocenters. The van der Waals surface area contributed by atoms with Crippen LogP contribution in [0.1, 0.15) is 17.3 Å². The predicted molar refractivity (Wildman–Crippen MR) is 64.2 cm³/mol. The molecule has 0 radical (unpaired) electrons. The third-order valence-corrected chi connectivity index (χ3v) is 3.43. The van der Waals surface area contributed by atoms with Crippen LogP contribution in [0, 0.1) is 0 Å². The number of ketones is 1. The van der Waals surface area contributed by atoms with Crippen LogP contribution < -0.4 is 0 Å². The van der Waals surface area contributed by atoms with E-state index in [9.17, 15) is 13.2 Å². The molecule has 0 fully saturated rings. The summed E-state index contributed by atoms with van der Waals surface area (Å²) in [5.41, 5.74) is 0.437. The van der Waals surface area contributed by atoms with E-state index in [-0.39, 0.29) is 11.5 Å². The van der Waals surface area contributed by atoms with Crippen molar-refractivity contribution in [3.8, 4) is 0 Å². The van der Waals surface area contributed by atoms with Crippen molar-refractivity contribution < 1.29 is 13.2 Å². The Morgan fingerprint density at radius 2 is 1.88 bits per heavy atom. The van der Waals surface area contributed by atoms with Crippen LogP contribution >= 0.6 is 0 Å². The zero-order valence-corrected chi connectivity index (χ0v) is 9.91. The van der Waals surface area contributed by atoms with Crippen molar-refractivity contribution in [2.24, 2.45) is 0 Å². The highest BCUT2D eigenvalue weighted by molar-refractivity contribution is 7.92. The third-order valence-electron chi connectivity index (χ3n) is 2.03. The minimum atomic E-state index is -3.33. The third kappa shape index (κ3) is 3.98. The van der Waals surface area contributed by atoms with Crippen LogP contribution in [0.5, 0.6) is 0 Å². The van der Waals surface area contributed by atoms with Gasteiger partial charge in [0.25, 0.3) is 0 Å². The lowest BCUT2D eigenvalue weighted by atomic mass is 10.2. The van der Waals surface area contributed by atoms with Gasteiger partial charge in [-0.25, -0.2) is 8.42 Å². The Labute approximate surface area is 95.7 Å². The van der Waals surface area contributed by atoms with E-state index in [0.717, 1.165) is 0 Å². The average Bonchev–Trinajstić information content (AvgIpc) is 2.27. The van der Waals surface area contributed by atoms with Crippen LogP contribution in [-0.4, -0.2) is 25.7 Å². The monoisotopic (exact) mass is 238 g/mol. The molecule has 86 valence electrons. The minimum absolute atomic E-state index is 0.0813. The number of hydrogen-bond donors (Lipinski definition) is 0. The lowest BCUT2D eigenvalue weighted by molar-refractivity contribution is 0.102. The van der Waals surface area contributed by atoms with Gasteiger partial charge in [0.15, 0.2) is 15.6 Å². The molecule has 0 saturated heterocycles. The molecule has 4 heteroatoms. The first kappa shape index (κ1) is 12.6. The Hall–Kier alpha value is -1.42. The maximum absolute atomic E-state index is 11.6. The summed E-state index contributed by atoms with van der Waals surface area (Å²) >= 11 is 0. The highest BCUT2D eigenvalue weighted by Crippen LogP contribution is 2.03. The van der Waals surface area contributed by atoms with Gasteiger partial charge in [-0.2, -0.15) is 0 Å². The van der Waals surface area contributed by atoms with Gasteiger partial charge in [-0.3, -0.25) is 4.79 Å². The number of rotatable bonds is 5. The highest BCUT2D eigenvalue weighted by atomic mass is 32.2. The maximum Gasteiger partial charge on any atom is 0.177 e. The molecule has 0 amide bonds. The molecule has 16 heavy (non-hydrogen) atoms. The van der Waals surface area contributed by atoms with Crippen LogP contribution in [0.3, 0.4) is 0 Å². The highest BCUT2D eigenvalue weighted by Gasteiger charge is 2.16. The summed E-state index contributed by atoms with van der Waals surface area (Å²) in [5.74, 6) is -0.867. The second kappa shape index (κ2) is 5.61. The number of allylic oxidation sites excluding steroid dienone is 1. The summed E-state index contributed by atoms with van der Waals surface area (Å²) in [5, 5.41) is 0. The second-order valence-electron chi connectivity index (χ2n) is 3.41. The van der Waals surface area contributed by atoms with Crippen LogP contribution in [0.2, 0.25) is 0 Å². The summed E-state index contributed by atoms with van der Waals surface area (Å²) < 4.78 is 23.0. The van der Waals surface area contributed by atoms with Gasteiger partial charge in [0.1, 0.15) is 5.75 Å². The van der Waals surface area contributed by atoms with Gasteiger partial charge in [-0.05, 0) is 6.92 Å². The van der Waals surface area contributed by atoms with Crippen molar-refractivity contribution in [3.63, 3.8) is 0 Å². The van der Waals surface area contributed by atoms with E-state index in [1.165, 1.54) is 6.08 Å². The summed E-state index contributed by atoms with van der Waals surface area (Å²) in [7, 11) is -3.33. The van der Waals surface area contributed by atoms with Crippen molar-refractivity contribution in [2.45, 2.75) is 6.92 Å². The van der Waals surface area contributed by atoms with Gasteiger partial charge in [0, 0.05) is 5.56 Å². The zero-order chi connectivity index (χ0) is 12.0. The summed E-state index contributed by atoms with van der Waals surface area (Å²) in [6, 6.07) is 8.45. The van der Waals surface area contributed by atoms with Gasteiger partial charge >= 0.3 is 0 Å². The van der Waals surface area contributed by atoms with Gasteiger partial charge in [0.2, 0.25) is 0 Å². The molecule has 1 rings (SSSR count). The molecule has 1 aromatic carbocycles. The summed E-state index contributed by atoms with van der Waals surface area (Å²) in [6.45, 7) is 1.74. The first-order valence-corrected chi connectivity index (χ1v) is 6.77. The van der Waals surface area contributed by atoms with Crippen LogP contribution in [0.4, 0.5) is 0 Å². The van der Waals surface area contributed by atoms with E-state index in [1.54, 1.807) is 43.3 Å². The van der Waals surface area contributed by atoms with Crippen molar-refractivity contribution in [3.05, 3.63) is 48.0 Å². The minimum Gasteiger partial charge on any atom is -0.293 e. The Morgan fingerprint density at radius 3 is 2.44 bits per heavy atom. The molecule has 0 atom stereocenters. The molecule has 0 aliphatic carbocycles. The number of benzene rings is 1. The number of hydrogen-bond acceptors (Lipinski definition) is 3. The quantitative estimate of drug-likeness (QED) is 0.581. The number of sulfone groups is 1.